The van der Waals surface area contributed by atoms with E-state index >= 15 is 0 Å². The third-order valence-corrected chi connectivity index (χ3v) is 3.13. The number of halogens is 1. The van der Waals surface area contributed by atoms with Crippen molar-refractivity contribution in [2.75, 3.05) is 13.2 Å². The van der Waals surface area contributed by atoms with E-state index in [-0.39, 0.29) is 0 Å². The number of benzene rings is 1. The predicted octanol–water partition coefficient (Wildman–Crippen LogP) is 4.27. The van der Waals surface area contributed by atoms with Gasteiger partial charge in [-0.1, -0.05) is 37.6 Å². The Bertz CT molecular complexity index is 407. The smallest absolute Gasteiger partial charge is 0.0719 e. The number of hydrogen-bond acceptors (Lipinski definition) is 1. The standard InChI is InChI=1S/C14H17ClO/c1-10(2)13-6-5-12(15)8-14(13)11-4-3-7-16-9-11/h4-6,8,10H,3,7,9H2,1-2H3. The van der Waals surface area contributed by atoms with Gasteiger partial charge in [-0.15, -0.1) is 0 Å². The highest BCUT2D eigenvalue weighted by Gasteiger charge is 2.13. The van der Waals surface area contributed by atoms with Crippen LogP contribution in [0.1, 0.15) is 37.3 Å². The van der Waals surface area contributed by atoms with Crippen LogP contribution in [-0.2, 0) is 4.74 Å². The first-order valence-electron chi connectivity index (χ1n) is 5.75. The van der Waals surface area contributed by atoms with E-state index in [0.29, 0.717) is 12.5 Å². The summed E-state index contributed by atoms with van der Waals surface area (Å²) in [6.07, 6.45) is 3.26. The van der Waals surface area contributed by atoms with Crippen molar-refractivity contribution in [1.82, 2.24) is 0 Å². The molecule has 1 aromatic carbocycles. The van der Waals surface area contributed by atoms with Crippen LogP contribution in [0.5, 0.6) is 0 Å². The third-order valence-electron chi connectivity index (χ3n) is 2.89. The van der Waals surface area contributed by atoms with Crippen LogP contribution in [0, 0.1) is 0 Å². The molecule has 0 atom stereocenters. The predicted molar refractivity (Wildman–Crippen MR) is 69.0 cm³/mol. The summed E-state index contributed by atoms with van der Waals surface area (Å²) >= 11 is 6.07. The summed E-state index contributed by atoms with van der Waals surface area (Å²) < 4.78 is 5.50. The van der Waals surface area contributed by atoms with Gasteiger partial charge in [-0.2, -0.15) is 0 Å². The molecule has 0 spiro atoms. The molecule has 1 aliphatic rings. The quantitative estimate of drug-likeness (QED) is 0.745. The Hall–Kier alpha value is -0.790. The molecule has 16 heavy (non-hydrogen) atoms. The van der Waals surface area contributed by atoms with Crippen LogP contribution in [0.15, 0.2) is 24.3 Å². The van der Waals surface area contributed by atoms with Crippen LogP contribution in [-0.4, -0.2) is 13.2 Å². The number of hydrogen-bond donors (Lipinski definition) is 0. The van der Waals surface area contributed by atoms with Gasteiger partial charge in [0.15, 0.2) is 0 Å². The zero-order chi connectivity index (χ0) is 11.5. The Morgan fingerprint density at radius 3 is 2.75 bits per heavy atom. The lowest BCUT2D eigenvalue weighted by Crippen LogP contribution is -2.07. The molecule has 2 rings (SSSR count). The molecular formula is C14H17ClO. The topological polar surface area (TPSA) is 9.23 Å². The van der Waals surface area contributed by atoms with Crippen molar-refractivity contribution in [3.05, 3.63) is 40.4 Å². The fourth-order valence-corrected chi connectivity index (χ4v) is 2.23. The van der Waals surface area contributed by atoms with E-state index in [1.165, 1.54) is 16.7 Å². The van der Waals surface area contributed by atoms with Crippen LogP contribution in [0.25, 0.3) is 5.57 Å². The van der Waals surface area contributed by atoms with Crippen molar-refractivity contribution in [2.24, 2.45) is 0 Å². The van der Waals surface area contributed by atoms with Gasteiger partial charge in [0.05, 0.1) is 13.2 Å². The Morgan fingerprint density at radius 1 is 1.31 bits per heavy atom. The van der Waals surface area contributed by atoms with Gasteiger partial charge in [-0.05, 0) is 41.2 Å². The van der Waals surface area contributed by atoms with Gasteiger partial charge in [0.1, 0.15) is 0 Å². The first-order valence-corrected chi connectivity index (χ1v) is 6.13. The molecule has 0 radical (unpaired) electrons. The molecule has 1 aliphatic heterocycles. The van der Waals surface area contributed by atoms with Gasteiger partial charge in [0.25, 0.3) is 0 Å². The van der Waals surface area contributed by atoms with Crippen molar-refractivity contribution in [3.8, 4) is 0 Å². The Balaban J connectivity index is 2.44. The third kappa shape index (κ3) is 2.47. The fourth-order valence-electron chi connectivity index (χ4n) is 2.06. The summed E-state index contributed by atoms with van der Waals surface area (Å²) in [4.78, 5) is 0. The first-order chi connectivity index (χ1) is 7.68. The second kappa shape index (κ2) is 5.03. The molecule has 1 nitrogen and oxygen atoms in total. The minimum Gasteiger partial charge on any atom is -0.376 e. The maximum Gasteiger partial charge on any atom is 0.0719 e. The van der Waals surface area contributed by atoms with Crippen molar-refractivity contribution in [3.63, 3.8) is 0 Å². The summed E-state index contributed by atoms with van der Waals surface area (Å²) in [5, 5.41) is 0.797. The maximum atomic E-state index is 6.07. The molecule has 2 heteroatoms. The highest BCUT2D eigenvalue weighted by molar-refractivity contribution is 6.30. The van der Waals surface area contributed by atoms with Gasteiger partial charge >= 0.3 is 0 Å². The van der Waals surface area contributed by atoms with E-state index in [0.717, 1.165) is 18.1 Å². The Morgan fingerprint density at radius 2 is 2.12 bits per heavy atom. The minimum absolute atomic E-state index is 0.509. The first kappa shape index (κ1) is 11.7. The van der Waals surface area contributed by atoms with Crippen LogP contribution in [0.2, 0.25) is 5.02 Å². The summed E-state index contributed by atoms with van der Waals surface area (Å²) in [7, 11) is 0. The molecular weight excluding hydrogens is 220 g/mol. The normalized spacial score (nSPS) is 16.4. The maximum absolute atomic E-state index is 6.07. The zero-order valence-electron chi connectivity index (χ0n) is 9.79. The van der Waals surface area contributed by atoms with E-state index in [4.69, 9.17) is 16.3 Å². The van der Waals surface area contributed by atoms with Crippen molar-refractivity contribution in [1.29, 1.82) is 0 Å². The lowest BCUT2D eigenvalue weighted by Gasteiger charge is -2.19. The average Bonchev–Trinajstić information content (AvgIpc) is 2.29. The average molecular weight is 237 g/mol. The van der Waals surface area contributed by atoms with E-state index in [9.17, 15) is 0 Å². The van der Waals surface area contributed by atoms with E-state index in [1.54, 1.807) is 0 Å². The SMILES string of the molecule is CC(C)c1ccc(Cl)cc1C1=CCCOC1. The Labute approximate surface area is 102 Å². The molecule has 0 saturated carbocycles. The Kier molecular flexibility index (Phi) is 3.67. The van der Waals surface area contributed by atoms with E-state index in [2.05, 4.69) is 32.1 Å². The minimum atomic E-state index is 0.509. The summed E-state index contributed by atoms with van der Waals surface area (Å²) in [6, 6.07) is 6.14. The molecule has 86 valence electrons. The molecule has 0 N–H and O–H groups in total. The number of rotatable bonds is 2. The van der Waals surface area contributed by atoms with Crippen LogP contribution < -0.4 is 0 Å². The van der Waals surface area contributed by atoms with Crippen LogP contribution >= 0.6 is 11.6 Å². The van der Waals surface area contributed by atoms with Crippen molar-refractivity contribution >= 4 is 17.2 Å². The highest BCUT2D eigenvalue weighted by Crippen LogP contribution is 2.30. The second-order valence-corrected chi connectivity index (χ2v) is 4.89. The molecule has 1 heterocycles. The van der Waals surface area contributed by atoms with Crippen molar-refractivity contribution < 1.29 is 4.74 Å². The molecule has 0 saturated heterocycles. The van der Waals surface area contributed by atoms with Gasteiger partial charge in [0.2, 0.25) is 0 Å². The summed E-state index contributed by atoms with van der Waals surface area (Å²) in [6.45, 7) is 5.95. The van der Waals surface area contributed by atoms with Crippen LogP contribution in [0.3, 0.4) is 0 Å². The molecule has 0 fully saturated rings. The molecule has 1 aromatic rings. The van der Waals surface area contributed by atoms with Crippen molar-refractivity contribution in [2.45, 2.75) is 26.2 Å². The monoisotopic (exact) mass is 236 g/mol. The summed E-state index contributed by atoms with van der Waals surface area (Å²) in [5.41, 5.74) is 3.88. The molecule has 0 aromatic heterocycles. The van der Waals surface area contributed by atoms with Gasteiger partial charge < -0.3 is 4.74 Å². The molecule has 0 bridgehead atoms. The lowest BCUT2D eigenvalue weighted by molar-refractivity contribution is 0.164. The van der Waals surface area contributed by atoms with Gasteiger partial charge in [0, 0.05) is 5.02 Å². The van der Waals surface area contributed by atoms with E-state index < -0.39 is 0 Å². The zero-order valence-corrected chi connectivity index (χ0v) is 10.6. The van der Waals surface area contributed by atoms with Gasteiger partial charge in [-0.25, -0.2) is 0 Å². The molecule has 0 unspecified atom stereocenters. The fraction of sp³-hybridized carbons (Fsp3) is 0.429. The lowest BCUT2D eigenvalue weighted by atomic mass is 9.92. The summed E-state index contributed by atoms with van der Waals surface area (Å²) in [5.74, 6) is 0.509. The molecule has 0 aliphatic carbocycles. The van der Waals surface area contributed by atoms with Crippen LogP contribution in [0.4, 0.5) is 0 Å². The molecule has 0 amide bonds. The largest absolute Gasteiger partial charge is 0.376 e. The highest BCUT2D eigenvalue weighted by atomic mass is 35.5. The second-order valence-electron chi connectivity index (χ2n) is 4.46. The van der Waals surface area contributed by atoms with Gasteiger partial charge in [-0.3, -0.25) is 0 Å². The van der Waals surface area contributed by atoms with E-state index in [1.807, 2.05) is 6.07 Å². The number of ether oxygens (including phenoxy) is 1.